The minimum atomic E-state index is -0.0796. The average Bonchev–Trinajstić information content (AvgIpc) is 3.13. The Morgan fingerprint density at radius 3 is 2.44 bits per heavy atom. The highest BCUT2D eigenvalue weighted by atomic mass is 32.2. The van der Waals surface area contributed by atoms with Gasteiger partial charge < -0.3 is 0 Å². The second kappa shape index (κ2) is 10.4. The summed E-state index contributed by atoms with van der Waals surface area (Å²) in [6.45, 7) is 4.39. The number of allylic oxidation sites excluding steroid dienone is 1. The number of anilines is 1. The Hall–Kier alpha value is -1.59. The zero-order valence-corrected chi connectivity index (χ0v) is 16.8. The summed E-state index contributed by atoms with van der Waals surface area (Å²) in [4.78, 5) is 18.3. The third kappa shape index (κ3) is 6.01. The zero-order chi connectivity index (χ0) is 18.1. The van der Waals surface area contributed by atoms with Gasteiger partial charge in [-0.3, -0.25) is 10.1 Å². The first-order chi connectivity index (χ1) is 12.2. The summed E-state index contributed by atoms with van der Waals surface area (Å²) in [7, 11) is 0. The number of nitrogens with one attached hydrogen (secondary N) is 1. The van der Waals surface area contributed by atoms with E-state index < -0.39 is 0 Å². The van der Waals surface area contributed by atoms with Crippen LogP contribution in [0.25, 0.3) is 5.57 Å². The smallest absolute Gasteiger partial charge is 0.257 e. The molecule has 1 aromatic heterocycles. The van der Waals surface area contributed by atoms with E-state index >= 15 is 0 Å². The van der Waals surface area contributed by atoms with Gasteiger partial charge in [0.15, 0.2) is 5.13 Å². The molecule has 1 amide bonds. The SMILES string of the molecule is CCCC(/C=C(/C(=O)Nc1nccs1)c1ccc(SC)cc1)CCC. The number of carbonyl (C=O) groups is 1. The van der Waals surface area contributed by atoms with E-state index in [2.05, 4.69) is 48.6 Å². The quantitative estimate of drug-likeness (QED) is 0.426. The standard InChI is InChI=1S/C20H26N2OS2/c1-4-6-15(7-5-2)14-18(16-8-10-17(24-3)11-9-16)19(23)22-20-21-12-13-25-20/h8-15H,4-7H2,1-3H3,(H,21,22,23)/b18-14+. The molecule has 5 heteroatoms. The highest BCUT2D eigenvalue weighted by Crippen LogP contribution is 2.26. The summed E-state index contributed by atoms with van der Waals surface area (Å²) in [5, 5.41) is 5.44. The Kier molecular flexibility index (Phi) is 8.22. The topological polar surface area (TPSA) is 42.0 Å². The van der Waals surface area contributed by atoms with E-state index in [1.165, 1.54) is 16.2 Å². The molecule has 0 aliphatic rings. The molecule has 1 N–H and O–H groups in total. The van der Waals surface area contributed by atoms with Gasteiger partial charge in [-0.15, -0.1) is 23.1 Å². The van der Waals surface area contributed by atoms with E-state index in [4.69, 9.17) is 0 Å². The molecule has 0 saturated heterocycles. The van der Waals surface area contributed by atoms with Gasteiger partial charge in [0.25, 0.3) is 5.91 Å². The lowest BCUT2D eigenvalue weighted by molar-refractivity contribution is -0.111. The lowest BCUT2D eigenvalue weighted by Gasteiger charge is -2.14. The molecule has 0 spiro atoms. The van der Waals surface area contributed by atoms with Crippen molar-refractivity contribution in [1.82, 2.24) is 4.98 Å². The number of rotatable bonds is 9. The van der Waals surface area contributed by atoms with E-state index in [-0.39, 0.29) is 5.91 Å². The lowest BCUT2D eigenvalue weighted by Crippen LogP contribution is -2.15. The van der Waals surface area contributed by atoms with Crippen LogP contribution >= 0.6 is 23.1 Å². The van der Waals surface area contributed by atoms with Crippen molar-refractivity contribution >= 4 is 39.7 Å². The largest absolute Gasteiger partial charge is 0.298 e. The fraction of sp³-hybridized carbons (Fsp3) is 0.400. The molecule has 2 rings (SSSR count). The molecule has 0 radical (unpaired) electrons. The van der Waals surface area contributed by atoms with Gasteiger partial charge in [0.2, 0.25) is 0 Å². The van der Waals surface area contributed by atoms with Crippen molar-refractivity contribution in [3.8, 4) is 0 Å². The number of hydrogen-bond donors (Lipinski definition) is 1. The van der Waals surface area contributed by atoms with Crippen LogP contribution in [0.4, 0.5) is 5.13 Å². The molecule has 0 atom stereocenters. The van der Waals surface area contributed by atoms with Gasteiger partial charge in [0, 0.05) is 22.0 Å². The van der Waals surface area contributed by atoms with Crippen LogP contribution in [-0.2, 0) is 4.79 Å². The lowest BCUT2D eigenvalue weighted by atomic mass is 9.93. The van der Waals surface area contributed by atoms with E-state index in [1.807, 2.05) is 17.5 Å². The molecular formula is C20H26N2OS2. The first kappa shape index (κ1) is 19.7. The van der Waals surface area contributed by atoms with Gasteiger partial charge in [-0.05, 0) is 42.7 Å². The molecule has 0 aliphatic carbocycles. The Balaban J connectivity index is 2.32. The van der Waals surface area contributed by atoms with Crippen LogP contribution in [0.3, 0.4) is 0 Å². The van der Waals surface area contributed by atoms with Crippen molar-refractivity contribution in [2.45, 2.75) is 44.4 Å². The fourth-order valence-electron chi connectivity index (χ4n) is 2.81. The summed E-state index contributed by atoms with van der Waals surface area (Å²) in [5.74, 6) is 0.344. The number of aromatic nitrogens is 1. The molecule has 0 bridgehead atoms. The van der Waals surface area contributed by atoms with Crippen LogP contribution < -0.4 is 5.32 Å². The number of thiazole rings is 1. The monoisotopic (exact) mass is 374 g/mol. The zero-order valence-electron chi connectivity index (χ0n) is 15.1. The number of carbonyl (C=O) groups excluding carboxylic acids is 1. The molecule has 0 saturated carbocycles. The van der Waals surface area contributed by atoms with Crippen LogP contribution in [0.1, 0.15) is 45.1 Å². The summed E-state index contributed by atoms with van der Waals surface area (Å²) in [6, 6.07) is 8.21. The first-order valence-corrected chi connectivity index (χ1v) is 10.8. The molecule has 25 heavy (non-hydrogen) atoms. The van der Waals surface area contributed by atoms with Crippen LogP contribution in [0, 0.1) is 5.92 Å². The van der Waals surface area contributed by atoms with Crippen molar-refractivity contribution in [2.75, 3.05) is 11.6 Å². The van der Waals surface area contributed by atoms with Crippen molar-refractivity contribution in [3.63, 3.8) is 0 Å². The molecule has 0 unspecified atom stereocenters. The number of hydrogen-bond acceptors (Lipinski definition) is 4. The highest BCUT2D eigenvalue weighted by molar-refractivity contribution is 7.98. The van der Waals surface area contributed by atoms with Gasteiger partial charge in [-0.2, -0.15) is 0 Å². The third-order valence-electron chi connectivity index (χ3n) is 4.02. The van der Waals surface area contributed by atoms with Crippen molar-refractivity contribution in [2.24, 2.45) is 5.92 Å². The maximum atomic E-state index is 12.9. The summed E-state index contributed by atoms with van der Waals surface area (Å²) < 4.78 is 0. The van der Waals surface area contributed by atoms with Crippen LogP contribution in [0.2, 0.25) is 0 Å². The minimum Gasteiger partial charge on any atom is -0.298 e. The fourth-order valence-corrected chi connectivity index (χ4v) is 3.74. The average molecular weight is 375 g/mol. The molecule has 1 heterocycles. The molecule has 0 aliphatic heterocycles. The molecule has 2 aromatic rings. The highest BCUT2D eigenvalue weighted by Gasteiger charge is 2.16. The van der Waals surface area contributed by atoms with Crippen molar-refractivity contribution in [1.29, 1.82) is 0 Å². The Morgan fingerprint density at radius 2 is 1.92 bits per heavy atom. The molecule has 0 fully saturated rings. The van der Waals surface area contributed by atoms with Gasteiger partial charge in [-0.25, -0.2) is 4.98 Å². The summed E-state index contributed by atoms with van der Waals surface area (Å²) >= 11 is 3.14. The normalized spacial score (nSPS) is 11.8. The third-order valence-corrected chi connectivity index (χ3v) is 5.45. The first-order valence-electron chi connectivity index (χ1n) is 8.75. The van der Waals surface area contributed by atoms with E-state index in [9.17, 15) is 4.79 Å². The van der Waals surface area contributed by atoms with Crippen LogP contribution in [0.15, 0.2) is 46.8 Å². The number of thioether (sulfide) groups is 1. The Morgan fingerprint density at radius 1 is 1.24 bits per heavy atom. The van der Waals surface area contributed by atoms with E-state index in [0.29, 0.717) is 11.0 Å². The molecule has 134 valence electrons. The second-order valence-corrected chi connectivity index (χ2v) is 7.71. The maximum absolute atomic E-state index is 12.9. The summed E-state index contributed by atoms with van der Waals surface area (Å²) in [6.07, 6.45) is 10.4. The maximum Gasteiger partial charge on any atom is 0.257 e. The Labute approximate surface area is 159 Å². The minimum absolute atomic E-state index is 0.0796. The van der Waals surface area contributed by atoms with Crippen molar-refractivity contribution in [3.05, 3.63) is 47.5 Å². The Bertz CT molecular complexity index is 672. The molecule has 3 nitrogen and oxygen atoms in total. The molecule has 1 aromatic carbocycles. The predicted molar refractivity (Wildman–Crippen MR) is 110 cm³/mol. The van der Waals surface area contributed by atoms with Crippen molar-refractivity contribution < 1.29 is 4.79 Å². The van der Waals surface area contributed by atoms with Crippen LogP contribution in [0.5, 0.6) is 0 Å². The van der Waals surface area contributed by atoms with Gasteiger partial charge in [-0.1, -0.05) is 44.9 Å². The predicted octanol–water partition coefficient (Wildman–Crippen LogP) is 6.10. The van der Waals surface area contributed by atoms with Crippen LogP contribution in [-0.4, -0.2) is 17.1 Å². The number of amides is 1. The van der Waals surface area contributed by atoms with Gasteiger partial charge in [0.1, 0.15) is 0 Å². The summed E-state index contributed by atoms with van der Waals surface area (Å²) in [5.41, 5.74) is 1.71. The number of nitrogens with zero attached hydrogens (tertiary/aromatic N) is 1. The van der Waals surface area contributed by atoms with Gasteiger partial charge in [0.05, 0.1) is 0 Å². The van der Waals surface area contributed by atoms with E-state index in [1.54, 1.807) is 18.0 Å². The molecular weight excluding hydrogens is 348 g/mol. The van der Waals surface area contributed by atoms with E-state index in [0.717, 1.165) is 36.8 Å². The number of benzene rings is 1. The second-order valence-electron chi connectivity index (χ2n) is 5.94. The van der Waals surface area contributed by atoms with Gasteiger partial charge >= 0.3 is 0 Å².